The van der Waals surface area contributed by atoms with Crippen molar-refractivity contribution in [1.82, 2.24) is 9.88 Å². The van der Waals surface area contributed by atoms with E-state index in [1.807, 2.05) is 30.5 Å². The van der Waals surface area contributed by atoms with Crippen molar-refractivity contribution in [1.29, 1.82) is 0 Å². The largest absolute Gasteiger partial charge is 0.361 e. The van der Waals surface area contributed by atoms with Crippen molar-refractivity contribution in [3.63, 3.8) is 0 Å². The summed E-state index contributed by atoms with van der Waals surface area (Å²) < 4.78 is 24.2. The molecule has 0 spiro atoms. The maximum Gasteiger partial charge on any atom is 0.222 e. The standard InChI is InChI=1S/C17H21N3O3S.ClH/c18-14-10-24(22,23)16-9-20(8-13(14)16)17(21)6-5-11-7-19-15-4-2-1-3-12(11)15;/h1-4,7,13-14,16,19H,5-6,8-10,18H2;1H/t13-,14+,16-;/m0./s1. The molecule has 1 amide bonds. The molecule has 2 fully saturated rings. The quantitative estimate of drug-likeness (QED) is 0.829. The number of hydrogen-bond donors (Lipinski definition) is 2. The number of sulfone groups is 1. The highest BCUT2D eigenvalue weighted by Crippen LogP contribution is 2.33. The Balaban J connectivity index is 0.00000182. The van der Waals surface area contributed by atoms with Crippen LogP contribution in [0.1, 0.15) is 12.0 Å². The van der Waals surface area contributed by atoms with Crippen LogP contribution < -0.4 is 5.73 Å². The summed E-state index contributed by atoms with van der Waals surface area (Å²) in [5, 5.41) is 0.665. The van der Waals surface area contributed by atoms with Crippen molar-refractivity contribution in [3.8, 4) is 0 Å². The second-order valence-corrected chi connectivity index (χ2v) is 9.12. The Hall–Kier alpha value is -1.57. The Morgan fingerprint density at radius 1 is 1.28 bits per heavy atom. The minimum absolute atomic E-state index is 0. The van der Waals surface area contributed by atoms with Gasteiger partial charge < -0.3 is 15.6 Å². The molecular formula is C17H22ClN3O3S. The van der Waals surface area contributed by atoms with Crippen LogP contribution in [0.2, 0.25) is 0 Å². The summed E-state index contributed by atoms with van der Waals surface area (Å²) in [4.78, 5) is 17.4. The van der Waals surface area contributed by atoms with Crippen molar-refractivity contribution in [3.05, 3.63) is 36.0 Å². The van der Waals surface area contributed by atoms with E-state index in [0.29, 0.717) is 25.9 Å². The molecule has 3 heterocycles. The fraction of sp³-hybridized carbons (Fsp3) is 0.471. The average Bonchev–Trinajstić information content (AvgIpc) is 3.21. The number of para-hydroxylation sites is 1. The number of nitrogens with zero attached hydrogens (tertiary/aromatic N) is 1. The monoisotopic (exact) mass is 383 g/mol. The highest BCUT2D eigenvalue weighted by atomic mass is 35.5. The first-order chi connectivity index (χ1) is 11.5. The first-order valence-electron chi connectivity index (χ1n) is 8.25. The lowest BCUT2D eigenvalue weighted by Crippen LogP contribution is -2.35. The lowest BCUT2D eigenvalue weighted by atomic mass is 10.0. The summed E-state index contributed by atoms with van der Waals surface area (Å²) in [6, 6.07) is 7.66. The Bertz CT molecular complexity index is 895. The number of halogens is 1. The molecule has 1 aromatic heterocycles. The summed E-state index contributed by atoms with van der Waals surface area (Å²) in [6.45, 7) is 0.769. The zero-order valence-corrected chi connectivity index (χ0v) is 15.4. The number of nitrogens with one attached hydrogen (secondary N) is 1. The van der Waals surface area contributed by atoms with Gasteiger partial charge in [0.05, 0.1) is 11.0 Å². The molecule has 2 aromatic rings. The van der Waals surface area contributed by atoms with Gasteiger partial charge in [-0.05, 0) is 18.1 Å². The van der Waals surface area contributed by atoms with Crippen LogP contribution in [0.15, 0.2) is 30.5 Å². The number of benzene rings is 1. The number of hydrogen-bond acceptors (Lipinski definition) is 4. The third-order valence-corrected chi connectivity index (χ3v) is 7.65. The summed E-state index contributed by atoms with van der Waals surface area (Å²) in [6.07, 6.45) is 2.97. The Morgan fingerprint density at radius 3 is 2.80 bits per heavy atom. The topological polar surface area (TPSA) is 96.3 Å². The number of aryl methyl sites for hydroxylation is 1. The molecule has 0 unspecified atom stereocenters. The van der Waals surface area contributed by atoms with Crippen molar-refractivity contribution in [2.24, 2.45) is 11.7 Å². The molecule has 25 heavy (non-hydrogen) atoms. The van der Waals surface area contributed by atoms with E-state index >= 15 is 0 Å². The van der Waals surface area contributed by atoms with Gasteiger partial charge in [0, 0.05) is 48.6 Å². The van der Waals surface area contributed by atoms with Crippen molar-refractivity contribution < 1.29 is 13.2 Å². The fourth-order valence-electron chi connectivity index (χ4n) is 4.05. The molecule has 1 aromatic carbocycles. The van der Waals surface area contributed by atoms with Gasteiger partial charge in [-0.3, -0.25) is 4.79 Å². The molecule has 0 radical (unpaired) electrons. The average molecular weight is 384 g/mol. The SMILES string of the molecule is Cl.N[C@@H]1CS(=O)(=O)[C@H]2CN(C(=O)CCc3c[nH]c4ccccc34)C[C@@H]12. The summed E-state index contributed by atoms with van der Waals surface area (Å²) in [5.41, 5.74) is 8.13. The van der Waals surface area contributed by atoms with Crippen LogP contribution in [0.3, 0.4) is 0 Å². The van der Waals surface area contributed by atoms with Gasteiger partial charge in [0.25, 0.3) is 0 Å². The lowest BCUT2D eigenvalue weighted by Gasteiger charge is -2.18. The number of fused-ring (bicyclic) bond motifs is 2. The van der Waals surface area contributed by atoms with E-state index < -0.39 is 15.1 Å². The van der Waals surface area contributed by atoms with Gasteiger partial charge in [0.15, 0.2) is 9.84 Å². The molecule has 0 aliphatic carbocycles. The van der Waals surface area contributed by atoms with Gasteiger partial charge in [-0.25, -0.2) is 8.42 Å². The smallest absolute Gasteiger partial charge is 0.222 e. The number of nitrogens with two attached hydrogens (primary N) is 1. The van der Waals surface area contributed by atoms with E-state index in [4.69, 9.17) is 5.73 Å². The first-order valence-corrected chi connectivity index (χ1v) is 9.97. The fourth-order valence-corrected chi connectivity index (χ4v) is 6.31. The van der Waals surface area contributed by atoms with Crippen LogP contribution in [0.25, 0.3) is 10.9 Å². The molecule has 0 saturated carbocycles. The minimum atomic E-state index is -3.15. The van der Waals surface area contributed by atoms with E-state index in [-0.39, 0.29) is 36.0 Å². The second-order valence-electron chi connectivity index (χ2n) is 6.85. The number of likely N-dealkylation sites (tertiary alicyclic amines) is 1. The molecular weight excluding hydrogens is 362 g/mol. The Kier molecular flexibility index (Phi) is 4.83. The van der Waals surface area contributed by atoms with Crippen LogP contribution in [0, 0.1) is 5.92 Å². The number of carbonyl (C=O) groups is 1. The molecule has 3 atom stereocenters. The van der Waals surface area contributed by atoms with Gasteiger partial charge in [-0.1, -0.05) is 18.2 Å². The molecule has 2 aliphatic heterocycles. The zero-order valence-electron chi connectivity index (χ0n) is 13.7. The molecule has 6 nitrogen and oxygen atoms in total. The number of carbonyl (C=O) groups excluding carboxylic acids is 1. The predicted octanol–water partition coefficient (Wildman–Crippen LogP) is 1.10. The number of amides is 1. The van der Waals surface area contributed by atoms with Crippen LogP contribution in [0.5, 0.6) is 0 Å². The molecule has 8 heteroatoms. The van der Waals surface area contributed by atoms with Crippen molar-refractivity contribution in [2.75, 3.05) is 18.8 Å². The first kappa shape index (κ1) is 18.2. The normalized spacial score (nSPS) is 27.2. The maximum absolute atomic E-state index is 12.5. The molecule has 2 aliphatic rings. The van der Waals surface area contributed by atoms with Gasteiger partial charge in [-0.2, -0.15) is 0 Å². The van der Waals surface area contributed by atoms with E-state index in [1.54, 1.807) is 4.90 Å². The van der Waals surface area contributed by atoms with Crippen molar-refractivity contribution in [2.45, 2.75) is 24.1 Å². The molecule has 3 N–H and O–H groups in total. The van der Waals surface area contributed by atoms with Crippen LogP contribution in [-0.4, -0.2) is 54.3 Å². The lowest BCUT2D eigenvalue weighted by molar-refractivity contribution is -0.130. The van der Waals surface area contributed by atoms with E-state index in [9.17, 15) is 13.2 Å². The van der Waals surface area contributed by atoms with Crippen molar-refractivity contribution >= 4 is 39.1 Å². The summed E-state index contributed by atoms with van der Waals surface area (Å²) in [7, 11) is -3.15. The number of aromatic amines is 1. The van der Waals surface area contributed by atoms with Crippen LogP contribution in [-0.2, 0) is 21.1 Å². The molecule has 136 valence electrons. The number of aromatic nitrogens is 1. The van der Waals surface area contributed by atoms with Gasteiger partial charge in [0.1, 0.15) is 0 Å². The number of rotatable bonds is 3. The summed E-state index contributed by atoms with van der Waals surface area (Å²) >= 11 is 0. The van der Waals surface area contributed by atoms with Gasteiger partial charge >= 0.3 is 0 Å². The maximum atomic E-state index is 12.5. The third kappa shape index (κ3) is 3.16. The third-order valence-electron chi connectivity index (χ3n) is 5.38. The molecule has 0 bridgehead atoms. The molecule has 4 rings (SSSR count). The zero-order chi connectivity index (χ0) is 16.9. The Morgan fingerprint density at radius 2 is 2.04 bits per heavy atom. The van der Waals surface area contributed by atoms with Gasteiger partial charge in [0.2, 0.25) is 5.91 Å². The number of H-pyrrole nitrogens is 1. The van der Waals surface area contributed by atoms with Crippen LogP contribution >= 0.6 is 12.4 Å². The predicted molar refractivity (Wildman–Crippen MR) is 99.5 cm³/mol. The van der Waals surface area contributed by atoms with E-state index in [0.717, 1.165) is 16.5 Å². The van der Waals surface area contributed by atoms with E-state index in [1.165, 1.54) is 0 Å². The highest BCUT2D eigenvalue weighted by Gasteiger charge is 2.51. The highest BCUT2D eigenvalue weighted by molar-refractivity contribution is 7.92. The minimum Gasteiger partial charge on any atom is -0.361 e. The Labute approximate surface area is 153 Å². The van der Waals surface area contributed by atoms with Gasteiger partial charge in [-0.15, -0.1) is 12.4 Å². The second kappa shape index (κ2) is 6.63. The van der Waals surface area contributed by atoms with E-state index in [2.05, 4.69) is 4.98 Å². The van der Waals surface area contributed by atoms with Crippen LogP contribution in [0.4, 0.5) is 0 Å². The summed E-state index contributed by atoms with van der Waals surface area (Å²) in [5.74, 6) is -0.0381. The molecule has 2 saturated heterocycles.